The van der Waals surface area contributed by atoms with Crippen LogP contribution in [0.5, 0.6) is 0 Å². The number of allylic oxidation sites excluding steroid dienone is 3. The van der Waals surface area contributed by atoms with E-state index in [1.54, 1.807) is 6.08 Å². The van der Waals surface area contributed by atoms with Gasteiger partial charge in [0.25, 0.3) is 0 Å². The molecule has 0 heterocycles. The van der Waals surface area contributed by atoms with E-state index in [1.165, 1.54) is 135 Å². The van der Waals surface area contributed by atoms with Crippen LogP contribution in [0.4, 0.5) is 0 Å². The largest absolute Gasteiger partial charge is 0.394 e. The molecule has 5 nitrogen and oxygen atoms in total. The second kappa shape index (κ2) is 35.7. The van der Waals surface area contributed by atoms with Crippen molar-refractivity contribution in [1.29, 1.82) is 0 Å². The Hall–Kier alpha value is -1.17. The Morgan fingerprint density at radius 2 is 0.933 bits per heavy atom. The molecular formula is C40H77NO4. The number of rotatable bonds is 35. The number of nitrogens with one attached hydrogen (secondary N) is 1. The quantitative estimate of drug-likeness (QED) is 0.0412. The third kappa shape index (κ3) is 32.6. The molecular weight excluding hydrogens is 558 g/mol. The fourth-order valence-corrected chi connectivity index (χ4v) is 5.92. The molecule has 0 bridgehead atoms. The normalized spacial score (nSPS) is 14.0. The molecule has 3 unspecified atom stereocenters. The predicted molar refractivity (Wildman–Crippen MR) is 195 cm³/mol. The summed E-state index contributed by atoms with van der Waals surface area (Å²) in [5, 5.41) is 33.0. The van der Waals surface area contributed by atoms with Crippen LogP contribution in [-0.4, -0.2) is 46.1 Å². The molecule has 0 aliphatic rings. The lowest BCUT2D eigenvalue weighted by molar-refractivity contribution is -0.124. The summed E-state index contributed by atoms with van der Waals surface area (Å²) in [5.41, 5.74) is 0. The van der Waals surface area contributed by atoms with E-state index in [1.807, 2.05) is 6.08 Å². The number of carbonyl (C=O) groups excluding carboxylic acids is 1. The Kier molecular flexibility index (Phi) is 34.8. The molecule has 1 amide bonds. The second-order valence-electron chi connectivity index (χ2n) is 13.5. The van der Waals surface area contributed by atoms with Crippen LogP contribution in [0.25, 0.3) is 0 Å². The van der Waals surface area contributed by atoms with E-state index in [-0.39, 0.29) is 18.9 Å². The van der Waals surface area contributed by atoms with E-state index in [2.05, 4.69) is 31.3 Å². The van der Waals surface area contributed by atoms with Crippen molar-refractivity contribution in [2.45, 2.75) is 218 Å². The fourth-order valence-electron chi connectivity index (χ4n) is 5.92. The lowest BCUT2D eigenvalue weighted by Gasteiger charge is -2.21. The van der Waals surface area contributed by atoms with Crippen LogP contribution in [0.1, 0.15) is 200 Å². The third-order valence-electron chi connectivity index (χ3n) is 8.98. The van der Waals surface area contributed by atoms with Crippen molar-refractivity contribution < 1.29 is 20.1 Å². The van der Waals surface area contributed by atoms with Gasteiger partial charge in [-0.25, -0.2) is 0 Å². The molecule has 0 radical (unpaired) electrons. The molecule has 0 aliphatic carbocycles. The van der Waals surface area contributed by atoms with Crippen molar-refractivity contribution in [3.63, 3.8) is 0 Å². The molecule has 0 aromatic heterocycles. The summed E-state index contributed by atoms with van der Waals surface area (Å²) in [6.45, 7) is 4.17. The average molecular weight is 636 g/mol. The standard InChI is InChI=1S/C40H77NO4/c1-3-5-7-9-11-13-15-16-17-18-19-20-21-22-23-24-26-28-30-32-34-39(44)38(36-42)41-40(45)35-37(43)33-31-29-27-25-14-12-10-8-6-4-2/h12,14,32,34,37-39,42-44H,3-11,13,15-31,33,35-36H2,1-2H3,(H,41,45)/b14-12-,34-32+. The van der Waals surface area contributed by atoms with E-state index in [0.717, 1.165) is 38.5 Å². The van der Waals surface area contributed by atoms with Crippen molar-refractivity contribution >= 4 is 5.91 Å². The highest BCUT2D eigenvalue weighted by atomic mass is 16.3. The first-order valence-electron chi connectivity index (χ1n) is 19.6. The van der Waals surface area contributed by atoms with Gasteiger partial charge >= 0.3 is 0 Å². The highest BCUT2D eigenvalue weighted by molar-refractivity contribution is 5.76. The zero-order valence-electron chi connectivity index (χ0n) is 30.0. The van der Waals surface area contributed by atoms with Gasteiger partial charge in [0.05, 0.1) is 31.3 Å². The minimum absolute atomic E-state index is 0.00355. The molecule has 4 N–H and O–H groups in total. The fraction of sp³-hybridized carbons (Fsp3) is 0.875. The first kappa shape index (κ1) is 43.8. The summed E-state index contributed by atoms with van der Waals surface area (Å²) in [5.74, 6) is -0.326. The molecule has 0 rings (SSSR count). The highest BCUT2D eigenvalue weighted by Crippen LogP contribution is 2.15. The maximum Gasteiger partial charge on any atom is 0.222 e. The van der Waals surface area contributed by atoms with Crippen LogP contribution in [0.3, 0.4) is 0 Å². The van der Waals surface area contributed by atoms with Gasteiger partial charge in [0.15, 0.2) is 0 Å². The maximum atomic E-state index is 12.3. The van der Waals surface area contributed by atoms with Gasteiger partial charge in [-0.1, -0.05) is 173 Å². The first-order valence-corrected chi connectivity index (χ1v) is 19.6. The number of amides is 1. The number of hydrogen-bond acceptors (Lipinski definition) is 4. The Labute approximate surface area is 280 Å². The Morgan fingerprint density at radius 3 is 1.40 bits per heavy atom. The van der Waals surface area contributed by atoms with E-state index >= 15 is 0 Å². The Balaban J connectivity index is 3.68. The summed E-state index contributed by atoms with van der Waals surface area (Å²) >= 11 is 0. The van der Waals surface area contributed by atoms with Gasteiger partial charge in [-0.3, -0.25) is 4.79 Å². The van der Waals surface area contributed by atoms with Gasteiger partial charge in [-0.15, -0.1) is 0 Å². The Bertz CT molecular complexity index is 665. The van der Waals surface area contributed by atoms with Crippen molar-refractivity contribution in [3.8, 4) is 0 Å². The van der Waals surface area contributed by atoms with Crippen LogP contribution >= 0.6 is 0 Å². The van der Waals surface area contributed by atoms with Gasteiger partial charge in [0, 0.05) is 0 Å². The zero-order chi connectivity index (χ0) is 33.1. The minimum Gasteiger partial charge on any atom is -0.394 e. The van der Waals surface area contributed by atoms with Gasteiger partial charge in [-0.2, -0.15) is 0 Å². The molecule has 0 aromatic carbocycles. The van der Waals surface area contributed by atoms with Gasteiger partial charge in [0.1, 0.15) is 0 Å². The topological polar surface area (TPSA) is 89.8 Å². The third-order valence-corrected chi connectivity index (χ3v) is 8.98. The molecule has 0 fully saturated rings. The first-order chi connectivity index (χ1) is 22.0. The number of aliphatic hydroxyl groups excluding tert-OH is 3. The summed E-state index contributed by atoms with van der Waals surface area (Å²) in [6, 6.07) is -0.745. The van der Waals surface area contributed by atoms with Crippen molar-refractivity contribution in [3.05, 3.63) is 24.3 Å². The van der Waals surface area contributed by atoms with Crippen molar-refractivity contribution in [2.24, 2.45) is 0 Å². The maximum absolute atomic E-state index is 12.3. The van der Waals surface area contributed by atoms with Gasteiger partial charge < -0.3 is 20.6 Å². The summed E-state index contributed by atoms with van der Waals surface area (Å²) in [6.07, 6.45) is 41.7. The van der Waals surface area contributed by atoms with Crippen LogP contribution in [0.15, 0.2) is 24.3 Å². The molecule has 5 heteroatoms. The number of unbranched alkanes of at least 4 members (excludes halogenated alkanes) is 24. The summed E-state index contributed by atoms with van der Waals surface area (Å²) in [4.78, 5) is 12.3. The van der Waals surface area contributed by atoms with Crippen LogP contribution in [-0.2, 0) is 4.79 Å². The van der Waals surface area contributed by atoms with E-state index in [4.69, 9.17) is 0 Å². The van der Waals surface area contributed by atoms with E-state index in [9.17, 15) is 20.1 Å². The summed E-state index contributed by atoms with van der Waals surface area (Å²) < 4.78 is 0. The second-order valence-corrected chi connectivity index (χ2v) is 13.5. The minimum atomic E-state index is -0.929. The van der Waals surface area contributed by atoms with Crippen LogP contribution in [0, 0.1) is 0 Å². The molecule has 3 atom stereocenters. The number of hydrogen-bond donors (Lipinski definition) is 4. The van der Waals surface area contributed by atoms with Crippen molar-refractivity contribution in [2.75, 3.05) is 6.61 Å². The zero-order valence-corrected chi connectivity index (χ0v) is 30.0. The SMILES string of the molecule is CCCCC/C=C\CCCCCC(O)CC(=O)NC(CO)C(O)/C=C/CCCCCCCCCCCCCCCCCCCC. The van der Waals surface area contributed by atoms with Gasteiger partial charge in [0.2, 0.25) is 5.91 Å². The molecule has 0 aromatic rings. The average Bonchev–Trinajstić information content (AvgIpc) is 3.03. The van der Waals surface area contributed by atoms with Gasteiger partial charge in [-0.05, 0) is 44.9 Å². The number of carbonyl (C=O) groups is 1. The molecule has 0 aliphatic heterocycles. The lowest BCUT2D eigenvalue weighted by Crippen LogP contribution is -2.45. The summed E-state index contributed by atoms with van der Waals surface area (Å²) in [7, 11) is 0. The predicted octanol–water partition coefficient (Wildman–Crippen LogP) is 10.7. The molecule has 45 heavy (non-hydrogen) atoms. The molecule has 0 saturated heterocycles. The lowest BCUT2D eigenvalue weighted by atomic mass is 10.0. The number of aliphatic hydroxyl groups is 3. The van der Waals surface area contributed by atoms with E-state index in [0.29, 0.717) is 6.42 Å². The molecule has 0 saturated carbocycles. The smallest absolute Gasteiger partial charge is 0.222 e. The van der Waals surface area contributed by atoms with Crippen LogP contribution < -0.4 is 5.32 Å². The Morgan fingerprint density at radius 1 is 0.556 bits per heavy atom. The molecule has 0 spiro atoms. The monoisotopic (exact) mass is 636 g/mol. The molecule has 266 valence electrons. The highest BCUT2D eigenvalue weighted by Gasteiger charge is 2.20. The van der Waals surface area contributed by atoms with Crippen molar-refractivity contribution in [1.82, 2.24) is 5.32 Å². The van der Waals surface area contributed by atoms with Crippen LogP contribution in [0.2, 0.25) is 0 Å². The van der Waals surface area contributed by atoms with E-state index < -0.39 is 18.2 Å².